The number of aryl methyl sites for hydroxylation is 2. The van der Waals surface area contributed by atoms with Crippen LogP contribution in [-0.2, 0) is 0 Å². The van der Waals surface area contributed by atoms with Crippen molar-refractivity contribution in [2.24, 2.45) is 0 Å². The van der Waals surface area contributed by atoms with Crippen molar-refractivity contribution in [3.63, 3.8) is 0 Å². The van der Waals surface area contributed by atoms with Gasteiger partial charge < -0.3 is 4.74 Å². The van der Waals surface area contributed by atoms with Crippen LogP contribution in [0.1, 0.15) is 11.3 Å². The van der Waals surface area contributed by atoms with Gasteiger partial charge in [0.2, 0.25) is 5.82 Å². The third-order valence-electron chi connectivity index (χ3n) is 2.28. The van der Waals surface area contributed by atoms with Crippen LogP contribution in [0.4, 0.5) is 4.39 Å². The van der Waals surface area contributed by atoms with E-state index in [0.717, 1.165) is 10.0 Å². The highest BCUT2D eigenvalue weighted by atomic mass is 79.9. The molecule has 1 aromatic heterocycles. The summed E-state index contributed by atoms with van der Waals surface area (Å²) in [6.07, 6.45) is 1.28. The van der Waals surface area contributed by atoms with E-state index in [0.29, 0.717) is 5.75 Å². The van der Waals surface area contributed by atoms with E-state index in [9.17, 15) is 4.39 Å². The minimum atomic E-state index is -0.534. The summed E-state index contributed by atoms with van der Waals surface area (Å²) in [5.41, 5.74) is 1.28. The molecule has 0 aliphatic heterocycles. The predicted octanol–water partition coefficient (Wildman–Crippen LogP) is 3.79. The van der Waals surface area contributed by atoms with Crippen molar-refractivity contribution >= 4 is 15.9 Å². The zero-order valence-corrected chi connectivity index (χ0v) is 11.0. The van der Waals surface area contributed by atoms with Crippen LogP contribution in [0.5, 0.6) is 11.6 Å². The van der Waals surface area contributed by atoms with Gasteiger partial charge in [-0.15, -0.1) is 0 Å². The van der Waals surface area contributed by atoms with Crippen molar-refractivity contribution in [2.45, 2.75) is 13.8 Å². The zero-order valence-electron chi connectivity index (χ0n) is 9.37. The fourth-order valence-corrected chi connectivity index (χ4v) is 1.55. The Morgan fingerprint density at radius 2 is 2.00 bits per heavy atom. The number of hydrogen-bond acceptors (Lipinski definition) is 3. The highest BCUT2D eigenvalue weighted by molar-refractivity contribution is 9.10. The Bertz CT molecular complexity index is 560. The van der Waals surface area contributed by atoms with E-state index in [4.69, 9.17) is 4.74 Å². The highest BCUT2D eigenvalue weighted by Gasteiger charge is 2.10. The predicted molar refractivity (Wildman–Crippen MR) is 65.7 cm³/mol. The number of rotatable bonds is 2. The second-order valence-corrected chi connectivity index (χ2v) is 4.45. The van der Waals surface area contributed by atoms with Crippen LogP contribution in [0.25, 0.3) is 0 Å². The molecule has 0 spiro atoms. The van der Waals surface area contributed by atoms with E-state index < -0.39 is 5.82 Å². The number of hydrogen-bond donors (Lipinski definition) is 0. The monoisotopic (exact) mass is 296 g/mol. The Kier molecular flexibility index (Phi) is 3.38. The van der Waals surface area contributed by atoms with Crippen LogP contribution < -0.4 is 4.74 Å². The maximum Gasteiger partial charge on any atom is 0.259 e. The largest absolute Gasteiger partial charge is 0.436 e. The molecule has 0 fully saturated rings. The van der Waals surface area contributed by atoms with Gasteiger partial charge in [0, 0.05) is 4.47 Å². The Hall–Kier alpha value is -1.49. The minimum Gasteiger partial charge on any atom is -0.436 e. The number of nitrogens with zero attached hydrogens (tertiary/aromatic N) is 2. The molecular formula is C12H10BrFN2O. The summed E-state index contributed by atoms with van der Waals surface area (Å²) in [6.45, 7) is 3.50. The van der Waals surface area contributed by atoms with Crippen LogP contribution in [0.15, 0.2) is 29.0 Å². The van der Waals surface area contributed by atoms with Crippen molar-refractivity contribution in [3.05, 3.63) is 46.1 Å². The van der Waals surface area contributed by atoms with E-state index in [-0.39, 0.29) is 11.6 Å². The van der Waals surface area contributed by atoms with E-state index >= 15 is 0 Å². The highest BCUT2D eigenvalue weighted by Crippen LogP contribution is 2.26. The lowest BCUT2D eigenvalue weighted by Gasteiger charge is -2.07. The van der Waals surface area contributed by atoms with Crippen LogP contribution >= 0.6 is 15.9 Å². The maximum atomic E-state index is 13.6. The molecule has 5 heteroatoms. The first-order valence-corrected chi connectivity index (χ1v) is 5.78. The molecule has 0 radical (unpaired) electrons. The molecule has 17 heavy (non-hydrogen) atoms. The maximum absolute atomic E-state index is 13.6. The summed E-state index contributed by atoms with van der Waals surface area (Å²) < 4.78 is 20.0. The number of benzene rings is 1. The van der Waals surface area contributed by atoms with Gasteiger partial charge in [-0.1, -0.05) is 15.9 Å². The summed E-state index contributed by atoms with van der Waals surface area (Å²) in [5.74, 6) is -0.0463. The molecule has 2 rings (SSSR count). The Labute approximate surface area is 107 Å². The van der Waals surface area contributed by atoms with Gasteiger partial charge in [-0.3, -0.25) is 0 Å². The van der Waals surface area contributed by atoms with Gasteiger partial charge in [0.25, 0.3) is 5.88 Å². The molecule has 0 atom stereocenters. The summed E-state index contributed by atoms with van der Waals surface area (Å²) >= 11 is 3.39. The molecule has 0 aliphatic carbocycles. The fraction of sp³-hybridized carbons (Fsp3) is 0.167. The molecule has 3 nitrogen and oxygen atoms in total. The van der Waals surface area contributed by atoms with Crippen LogP contribution in [0, 0.1) is 19.7 Å². The van der Waals surface area contributed by atoms with E-state index in [1.165, 1.54) is 6.33 Å². The second kappa shape index (κ2) is 4.79. The van der Waals surface area contributed by atoms with E-state index in [2.05, 4.69) is 25.9 Å². The molecule has 0 bridgehead atoms. The van der Waals surface area contributed by atoms with Crippen molar-refractivity contribution < 1.29 is 9.13 Å². The van der Waals surface area contributed by atoms with Crippen LogP contribution in [0.2, 0.25) is 0 Å². The topological polar surface area (TPSA) is 35.0 Å². The van der Waals surface area contributed by atoms with Gasteiger partial charge in [-0.05, 0) is 37.6 Å². The van der Waals surface area contributed by atoms with Crippen molar-refractivity contribution in [2.75, 3.05) is 0 Å². The lowest BCUT2D eigenvalue weighted by Crippen LogP contribution is -1.96. The van der Waals surface area contributed by atoms with Gasteiger partial charge in [0.1, 0.15) is 12.1 Å². The van der Waals surface area contributed by atoms with Crippen molar-refractivity contribution in [3.8, 4) is 11.6 Å². The molecule has 0 saturated carbocycles. The van der Waals surface area contributed by atoms with Crippen molar-refractivity contribution in [1.82, 2.24) is 9.97 Å². The van der Waals surface area contributed by atoms with E-state index in [1.54, 1.807) is 19.1 Å². The normalized spacial score (nSPS) is 10.4. The molecule has 0 N–H and O–H groups in total. The van der Waals surface area contributed by atoms with Gasteiger partial charge >= 0.3 is 0 Å². The molecule has 1 aromatic carbocycles. The van der Waals surface area contributed by atoms with Gasteiger partial charge in [-0.2, -0.15) is 9.37 Å². The summed E-state index contributed by atoms with van der Waals surface area (Å²) in [7, 11) is 0. The quantitative estimate of drug-likeness (QED) is 0.846. The number of halogens is 2. The standard InChI is InChI=1S/C12H10BrFN2O/c1-7-5-9(3-4-10(7)13)17-12-11(14)8(2)15-6-16-12/h3-6H,1-2H3. The summed E-state index contributed by atoms with van der Waals surface area (Å²) in [5, 5.41) is 0. The zero-order chi connectivity index (χ0) is 12.4. The Morgan fingerprint density at radius 1 is 1.24 bits per heavy atom. The third-order valence-corrected chi connectivity index (χ3v) is 3.17. The van der Waals surface area contributed by atoms with Gasteiger partial charge in [-0.25, -0.2) is 4.98 Å². The minimum absolute atomic E-state index is 0.0563. The summed E-state index contributed by atoms with van der Waals surface area (Å²) in [6, 6.07) is 5.39. The molecule has 88 valence electrons. The van der Waals surface area contributed by atoms with Crippen molar-refractivity contribution in [1.29, 1.82) is 0 Å². The summed E-state index contributed by atoms with van der Waals surface area (Å²) in [4.78, 5) is 7.51. The van der Waals surface area contributed by atoms with E-state index in [1.807, 2.05) is 13.0 Å². The molecular weight excluding hydrogens is 287 g/mol. The first-order valence-electron chi connectivity index (χ1n) is 4.99. The number of aromatic nitrogens is 2. The molecule has 0 unspecified atom stereocenters. The van der Waals surface area contributed by atoms with Crippen LogP contribution in [-0.4, -0.2) is 9.97 Å². The smallest absolute Gasteiger partial charge is 0.259 e. The Balaban J connectivity index is 2.31. The Morgan fingerprint density at radius 3 is 2.71 bits per heavy atom. The molecule has 0 saturated heterocycles. The average molecular weight is 297 g/mol. The molecule has 0 aliphatic rings. The average Bonchev–Trinajstić information content (AvgIpc) is 2.30. The van der Waals surface area contributed by atoms with Crippen LogP contribution in [0.3, 0.4) is 0 Å². The number of ether oxygens (including phenoxy) is 1. The first kappa shape index (κ1) is 12.0. The lowest BCUT2D eigenvalue weighted by atomic mass is 10.2. The lowest BCUT2D eigenvalue weighted by molar-refractivity contribution is 0.416. The molecule has 2 aromatic rings. The van der Waals surface area contributed by atoms with Gasteiger partial charge in [0.15, 0.2) is 0 Å². The molecule has 0 amide bonds. The fourth-order valence-electron chi connectivity index (χ4n) is 1.30. The first-order chi connectivity index (χ1) is 8.08. The van der Waals surface area contributed by atoms with Gasteiger partial charge in [0.05, 0.1) is 5.69 Å². The SMILES string of the molecule is Cc1cc(Oc2ncnc(C)c2F)ccc1Br. The second-order valence-electron chi connectivity index (χ2n) is 3.59. The molecule has 1 heterocycles. The third kappa shape index (κ3) is 2.61.